The molecule has 0 aromatic carbocycles. The van der Waals surface area contributed by atoms with E-state index in [2.05, 4.69) is 15.6 Å². The maximum absolute atomic E-state index is 13.1. The molecule has 9 heteroatoms. The molecule has 3 amide bonds. The molecule has 1 aromatic heterocycles. The Kier molecular flexibility index (Phi) is 4.99. The average Bonchev–Trinajstić information content (AvgIpc) is 2.56. The number of methoxy groups -OCH3 is 1. The van der Waals surface area contributed by atoms with Crippen LogP contribution in [-0.2, 0) is 25.5 Å². The fraction of sp³-hybridized carbons (Fsp3) is 0.471. The highest BCUT2D eigenvalue weighted by Crippen LogP contribution is 2.24. The van der Waals surface area contributed by atoms with E-state index < -0.39 is 17.5 Å². The summed E-state index contributed by atoms with van der Waals surface area (Å²) < 4.78 is 6.11. The van der Waals surface area contributed by atoms with Crippen molar-refractivity contribution in [2.45, 2.75) is 38.6 Å². The van der Waals surface area contributed by atoms with Gasteiger partial charge in [0.2, 0.25) is 17.7 Å². The zero-order chi connectivity index (χ0) is 18.8. The molecule has 1 fully saturated rings. The van der Waals surface area contributed by atoms with Crippen LogP contribution < -0.4 is 16.2 Å². The fourth-order valence-corrected chi connectivity index (χ4v) is 3.33. The number of carbonyl (C=O) groups is 3. The van der Waals surface area contributed by atoms with Crippen LogP contribution in [0.2, 0.25) is 0 Å². The molecule has 9 nitrogen and oxygen atoms in total. The summed E-state index contributed by atoms with van der Waals surface area (Å²) in [5.41, 5.74) is 0.861. The van der Waals surface area contributed by atoms with Gasteiger partial charge in [0.15, 0.2) is 0 Å². The maximum atomic E-state index is 13.1. The Morgan fingerprint density at radius 1 is 1.38 bits per heavy atom. The summed E-state index contributed by atoms with van der Waals surface area (Å²) in [5.74, 6) is -0.833. The predicted octanol–water partition coefficient (Wildman–Crippen LogP) is -0.421. The van der Waals surface area contributed by atoms with Crippen molar-refractivity contribution >= 4 is 23.4 Å². The normalized spacial score (nSPS) is 19.5. The van der Waals surface area contributed by atoms with Crippen LogP contribution in [-0.4, -0.2) is 41.0 Å². The van der Waals surface area contributed by atoms with E-state index in [1.807, 2.05) is 0 Å². The van der Waals surface area contributed by atoms with E-state index >= 15 is 0 Å². The highest BCUT2D eigenvalue weighted by molar-refractivity contribution is 5.99. The number of fused-ring (bicyclic) bond motifs is 1. The van der Waals surface area contributed by atoms with Crippen LogP contribution >= 0.6 is 0 Å². The minimum absolute atomic E-state index is 0.132. The van der Waals surface area contributed by atoms with Crippen molar-refractivity contribution in [1.29, 1.82) is 0 Å². The molecule has 0 bridgehead atoms. The number of aromatic nitrogens is 2. The zero-order valence-electron chi connectivity index (χ0n) is 14.6. The first-order valence-corrected chi connectivity index (χ1v) is 8.37. The number of amides is 3. The van der Waals surface area contributed by atoms with Gasteiger partial charge in [0.25, 0.3) is 5.56 Å². The molecule has 138 valence electrons. The van der Waals surface area contributed by atoms with E-state index in [4.69, 9.17) is 4.74 Å². The molecule has 2 aliphatic rings. The largest absolute Gasteiger partial charge is 0.375 e. The zero-order valence-corrected chi connectivity index (χ0v) is 14.6. The Labute approximate surface area is 149 Å². The molecule has 2 N–H and O–H groups in total. The molecule has 26 heavy (non-hydrogen) atoms. The number of rotatable bonds is 4. The van der Waals surface area contributed by atoms with Crippen LogP contribution in [0, 0.1) is 6.92 Å². The minimum atomic E-state index is -0.796. The number of piperidine rings is 1. The number of nitrogens with one attached hydrogen (secondary N) is 2. The van der Waals surface area contributed by atoms with Crippen LogP contribution in [0.1, 0.15) is 42.4 Å². The van der Waals surface area contributed by atoms with Gasteiger partial charge in [0, 0.05) is 13.5 Å². The molecule has 1 unspecified atom stereocenters. The molecule has 1 aliphatic heterocycles. The van der Waals surface area contributed by atoms with Crippen LogP contribution in [0.5, 0.6) is 0 Å². The lowest BCUT2D eigenvalue weighted by Gasteiger charge is -2.26. The van der Waals surface area contributed by atoms with Crippen molar-refractivity contribution in [3.63, 3.8) is 0 Å². The average molecular weight is 360 g/mol. The summed E-state index contributed by atoms with van der Waals surface area (Å²) in [6.07, 6.45) is 3.38. The molecular formula is C17H20N4O5. The molecular weight excluding hydrogens is 340 g/mol. The Bertz CT molecular complexity index is 871. The second-order valence-corrected chi connectivity index (χ2v) is 6.26. The number of aryl methyl sites for hydroxylation is 2. The van der Waals surface area contributed by atoms with Crippen molar-refractivity contribution in [2.75, 3.05) is 13.7 Å². The highest BCUT2D eigenvalue weighted by Gasteiger charge is 2.32. The van der Waals surface area contributed by atoms with E-state index in [0.717, 1.165) is 0 Å². The van der Waals surface area contributed by atoms with Crippen molar-refractivity contribution in [3.8, 4) is 0 Å². The van der Waals surface area contributed by atoms with Gasteiger partial charge in [-0.25, -0.2) is 4.98 Å². The number of hydrogen-bond donors (Lipinski definition) is 2. The quantitative estimate of drug-likeness (QED) is 0.704. The third kappa shape index (κ3) is 3.30. The molecule has 1 atom stereocenters. The third-order valence-electron chi connectivity index (χ3n) is 4.44. The second-order valence-electron chi connectivity index (χ2n) is 6.26. The van der Waals surface area contributed by atoms with Gasteiger partial charge in [-0.3, -0.25) is 29.1 Å². The number of nitrogens with zero attached hydrogens (tertiary/aromatic N) is 2. The molecule has 0 radical (unpaired) electrons. The lowest BCUT2D eigenvalue weighted by molar-refractivity contribution is -0.136. The summed E-state index contributed by atoms with van der Waals surface area (Å²) in [6, 6.07) is -0.796. The summed E-state index contributed by atoms with van der Waals surface area (Å²) >= 11 is 0. The minimum Gasteiger partial charge on any atom is -0.375 e. The molecule has 1 aliphatic carbocycles. The number of carbonyl (C=O) groups excluding carboxylic acids is 3. The highest BCUT2D eigenvalue weighted by atomic mass is 16.5. The molecule has 2 heterocycles. The van der Waals surface area contributed by atoms with Gasteiger partial charge in [-0.15, -0.1) is 0 Å². The van der Waals surface area contributed by atoms with Gasteiger partial charge >= 0.3 is 0 Å². The summed E-state index contributed by atoms with van der Waals surface area (Å²) in [5, 5.41) is 4.93. The molecule has 0 spiro atoms. The molecule has 1 aromatic rings. The van der Waals surface area contributed by atoms with E-state index in [0.29, 0.717) is 30.1 Å². The second kappa shape index (κ2) is 7.20. The fourth-order valence-electron chi connectivity index (χ4n) is 3.33. The van der Waals surface area contributed by atoms with Gasteiger partial charge in [0.05, 0.1) is 17.0 Å². The predicted molar refractivity (Wildman–Crippen MR) is 91.0 cm³/mol. The van der Waals surface area contributed by atoms with Gasteiger partial charge in [-0.2, -0.15) is 0 Å². The summed E-state index contributed by atoms with van der Waals surface area (Å²) in [4.78, 5) is 53.1. The van der Waals surface area contributed by atoms with Crippen molar-refractivity contribution in [2.24, 2.45) is 0 Å². The van der Waals surface area contributed by atoms with Crippen LogP contribution in [0.25, 0.3) is 5.70 Å². The van der Waals surface area contributed by atoms with E-state index in [-0.39, 0.29) is 36.8 Å². The van der Waals surface area contributed by atoms with Crippen LogP contribution in [0.15, 0.2) is 10.9 Å². The molecule has 1 saturated heterocycles. The lowest BCUT2D eigenvalue weighted by atomic mass is 9.99. The number of imide groups is 1. The van der Waals surface area contributed by atoms with Gasteiger partial charge in [-0.1, -0.05) is 6.08 Å². The van der Waals surface area contributed by atoms with E-state index in [1.54, 1.807) is 13.0 Å². The van der Waals surface area contributed by atoms with Gasteiger partial charge in [0.1, 0.15) is 18.5 Å². The summed E-state index contributed by atoms with van der Waals surface area (Å²) in [6.45, 7) is 1.53. The van der Waals surface area contributed by atoms with E-state index in [1.165, 1.54) is 11.7 Å². The molecule has 3 rings (SSSR count). The number of ether oxygens (including phenoxy) is 1. The topological polar surface area (TPSA) is 119 Å². The Hall–Kier alpha value is -2.81. The van der Waals surface area contributed by atoms with Crippen LogP contribution in [0.4, 0.5) is 0 Å². The lowest BCUT2D eigenvalue weighted by Crippen LogP contribution is -2.46. The Balaban J connectivity index is 2.04. The Morgan fingerprint density at radius 3 is 2.85 bits per heavy atom. The monoisotopic (exact) mass is 360 g/mol. The SMILES string of the molecule is COCC(=O)NC1=CCCc2nc(C)n(C3CCC(=O)NC3=O)c(=O)c21. The summed E-state index contributed by atoms with van der Waals surface area (Å²) in [7, 11) is 1.41. The first-order valence-electron chi connectivity index (χ1n) is 8.37. The standard InChI is InChI=1S/C17H20N4O5/c1-9-18-10-4-3-5-11(19-14(23)8-26-2)15(10)17(25)21(9)12-6-7-13(22)20-16(12)24/h5,12H,3-4,6-8H2,1-2H3,(H,19,23)(H,20,22,24). The van der Waals surface area contributed by atoms with Crippen molar-refractivity contribution < 1.29 is 19.1 Å². The van der Waals surface area contributed by atoms with E-state index in [9.17, 15) is 19.2 Å². The first kappa shape index (κ1) is 18.0. The van der Waals surface area contributed by atoms with Gasteiger partial charge < -0.3 is 10.1 Å². The smallest absolute Gasteiger partial charge is 0.263 e. The van der Waals surface area contributed by atoms with Crippen molar-refractivity contribution in [3.05, 3.63) is 33.5 Å². The first-order chi connectivity index (χ1) is 12.4. The van der Waals surface area contributed by atoms with Crippen molar-refractivity contribution in [1.82, 2.24) is 20.2 Å². The third-order valence-corrected chi connectivity index (χ3v) is 4.44. The van der Waals surface area contributed by atoms with Gasteiger partial charge in [-0.05, 0) is 26.2 Å². The number of allylic oxidation sites excluding steroid dienone is 1. The number of hydrogen-bond acceptors (Lipinski definition) is 6. The van der Waals surface area contributed by atoms with Crippen LogP contribution in [0.3, 0.4) is 0 Å². The Morgan fingerprint density at radius 2 is 2.15 bits per heavy atom. The maximum Gasteiger partial charge on any atom is 0.263 e. The molecule has 0 saturated carbocycles.